The number of benzene rings is 1. The van der Waals surface area contributed by atoms with Gasteiger partial charge in [0, 0.05) is 36.5 Å². The molecule has 1 aromatic heterocycles. The average molecular weight is 477 g/mol. The molecule has 182 valence electrons. The smallest absolute Gasteiger partial charge is 0.0885 e. The van der Waals surface area contributed by atoms with Crippen molar-refractivity contribution >= 4 is 5.57 Å². The summed E-state index contributed by atoms with van der Waals surface area (Å²) in [6, 6.07) is 12.6. The largest absolute Gasteiger partial charge is 0.388 e. The van der Waals surface area contributed by atoms with Gasteiger partial charge in [-0.05, 0) is 65.3 Å². The van der Waals surface area contributed by atoms with E-state index in [4.69, 9.17) is 0 Å². The lowest BCUT2D eigenvalue weighted by atomic mass is 9.92. The number of aryl methyl sites for hydroxylation is 1. The van der Waals surface area contributed by atoms with Crippen molar-refractivity contribution in [1.29, 1.82) is 0 Å². The molecule has 2 aliphatic carbocycles. The van der Waals surface area contributed by atoms with Crippen LogP contribution in [0.25, 0.3) is 5.57 Å². The fourth-order valence-electron chi connectivity index (χ4n) is 5.23. The van der Waals surface area contributed by atoms with Crippen LogP contribution in [0.4, 0.5) is 0 Å². The summed E-state index contributed by atoms with van der Waals surface area (Å²) >= 11 is 0. The van der Waals surface area contributed by atoms with Gasteiger partial charge in [-0.2, -0.15) is 5.11 Å². The molecule has 0 fully saturated rings. The van der Waals surface area contributed by atoms with Crippen LogP contribution in [-0.2, 0) is 0 Å². The van der Waals surface area contributed by atoms with Gasteiger partial charge in [0.2, 0.25) is 0 Å². The maximum atomic E-state index is 10.8. The third-order valence-corrected chi connectivity index (χ3v) is 6.99. The lowest BCUT2D eigenvalue weighted by Crippen LogP contribution is -2.18. The Morgan fingerprint density at radius 2 is 2.06 bits per heavy atom. The summed E-state index contributed by atoms with van der Waals surface area (Å²) in [7, 11) is 0. The third-order valence-electron chi connectivity index (χ3n) is 6.99. The van der Waals surface area contributed by atoms with Crippen molar-refractivity contribution in [2.45, 2.75) is 37.7 Å². The summed E-state index contributed by atoms with van der Waals surface area (Å²) in [5.41, 5.74) is 8.41. The zero-order valence-electron chi connectivity index (χ0n) is 20.7. The van der Waals surface area contributed by atoms with Crippen LogP contribution < -0.4 is 0 Å². The molecule has 5 nitrogen and oxygen atoms in total. The second kappa shape index (κ2) is 10.8. The number of pyridine rings is 1. The highest BCUT2D eigenvalue weighted by molar-refractivity contribution is 5.86. The van der Waals surface area contributed by atoms with Crippen LogP contribution in [-0.4, -0.2) is 34.3 Å². The standard InChI is InChI=1S/C31H32N4O/c1-3-25(24-15-17-32-22(2)19-24)31(36)14-13-23-20-33-34-35(21-23)18-16-30-28-10-6-4-5-9-26(28)27-11-7-8-12-29(27)30/h3,5-15,17,19,21,25,30-31,36H,1,4,16,18,20H2,2H3/b14-13+. The van der Waals surface area contributed by atoms with Crippen LogP contribution in [0, 0.1) is 6.92 Å². The van der Waals surface area contributed by atoms with E-state index in [9.17, 15) is 5.11 Å². The molecule has 0 bridgehead atoms. The van der Waals surface area contributed by atoms with E-state index in [1.54, 1.807) is 12.3 Å². The number of hydrogen-bond acceptors (Lipinski definition) is 5. The first-order valence-corrected chi connectivity index (χ1v) is 12.6. The second-order valence-electron chi connectivity index (χ2n) is 9.44. The molecule has 0 spiro atoms. The summed E-state index contributed by atoms with van der Waals surface area (Å²) < 4.78 is 0. The number of aromatic nitrogens is 1. The number of nitrogens with zero attached hydrogens (tertiary/aromatic N) is 4. The van der Waals surface area contributed by atoms with Crippen molar-refractivity contribution in [2.75, 3.05) is 13.1 Å². The van der Waals surface area contributed by atoms with Crippen LogP contribution in [0.3, 0.4) is 0 Å². The van der Waals surface area contributed by atoms with Crippen molar-refractivity contribution in [2.24, 2.45) is 10.3 Å². The molecule has 36 heavy (non-hydrogen) atoms. The van der Waals surface area contributed by atoms with Gasteiger partial charge >= 0.3 is 0 Å². The minimum absolute atomic E-state index is 0.198. The molecule has 3 aliphatic rings. The van der Waals surface area contributed by atoms with Gasteiger partial charge in [-0.3, -0.25) is 9.99 Å². The van der Waals surface area contributed by atoms with E-state index < -0.39 is 6.10 Å². The number of fused-ring (bicyclic) bond motifs is 2. The topological polar surface area (TPSA) is 61.1 Å². The molecular formula is C31H32N4O. The van der Waals surface area contributed by atoms with Crippen molar-refractivity contribution in [3.8, 4) is 0 Å². The Kier molecular flexibility index (Phi) is 7.19. The van der Waals surface area contributed by atoms with E-state index >= 15 is 0 Å². The highest BCUT2D eigenvalue weighted by Gasteiger charge is 2.29. The average Bonchev–Trinajstić information content (AvgIpc) is 3.02. The molecule has 0 radical (unpaired) electrons. The van der Waals surface area contributed by atoms with Gasteiger partial charge in [-0.15, -0.1) is 6.58 Å². The van der Waals surface area contributed by atoms with Crippen LogP contribution in [0.2, 0.25) is 0 Å². The van der Waals surface area contributed by atoms with Gasteiger partial charge < -0.3 is 5.11 Å². The molecule has 5 rings (SSSR count). The Balaban J connectivity index is 1.27. The zero-order chi connectivity index (χ0) is 24.9. The summed E-state index contributed by atoms with van der Waals surface area (Å²) in [4.78, 5) is 4.25. The first-order chi connectivity index (χ1) is 17.6. The molecule has 1 aliphatic heterocycles. The number of allylic oxidation sites excluding steroid dienone is 6. The van der Waals surface area contributed by atoms with Crippen molar-refractivity contribution in [3.05, 3.63) is 131 Å². The van der Waals surface area contributed by atoms with Gasteiger partial charge in [0.15, 0.2) is 0 Å². The first kappa shape index (κ1) is 23.9. The summed E-state index contributed by atoms with van der Waals surface area (Å²) in [5.74, 6) is 0.148. The molecule has 1 N–H and O–H groups in total. The Labute approximate surface area is 213 Å². The third kappa shape index (κ3) is 5.07. The van der Waals surface area contributed by atoms with Crippen LogP contribution in [0.15, 0.2) is 119 Å². The maximum Gasteiger partial charge on any atom is 0.0885 e. The summed E-state index contributed by atoms with van der Waals surface area (Å²) in [6.07, 6.45) is 19.6. The maximum absolute atomic E-state index is 10.8. The molecule has 0 saturated heterocycles. The predicted molar refractivity (Wildman–Crippen MR) is 145 cm³/mol. The van der Waals surface area contributed by atoms with Gasteiger partial charge in [-0.25, -0.2) is 0 Å². The highest BCUT2D eigenvalue weighted by Crippen LogP contribution is 2.45. The van der Waals surface area contributed by atoms with E-state index in [1.807, 2.05) is 42.4 Å². The van der Waals surface area contributed by atoms with Gasteiger partial charge in [0.1, 0.15) is 0 Å². The number of aliphatic hydroxyl groups excluding tert-OH is 1. The second-order valence-corrected chi connectivity index (χ2v) is 9.44. The van der Waals surface area contributed by atoms with Crippen LogP contribution in [0.1, 0.15) is 47.1 Å². The van der Waals surface area contributed by atoms with E-state index in [0.29, 0.717) is 12.5 Å². The van der Waals surface area contributed by atoms with E-state index in [1.165, 1.54) is 22.3 Å². The predicted octanol–water partition coefficient (Wildman–Crippen LogP) is 6.60. The molecule has 3 unspecified atom stereocenters. The highest BCUT2D eigenvalue weighted by atomic mass is 16.3. The molecule has 2 aromatic rings. The van der Waals surface area contributed by atoms with Crippen molar-refractivity contribution < 1.29 is 5.11 Å². The van der Waals surface area contributed by atoms with Crippen molar-refractivity contribution in [3.63, 3.8) is 0 Å². The lowest BCUT2D eigenvalue weighted by Gasteiger charge is -2.22. The number of aliphatic hydroxyl groups is 1. The quantitative estimate of drug-likeness (QED) is 0.437. The number of hydrogen-bond donors (Lipinski definition) is 1. The Hall–Kier alpha value is -3.83. The fraction of sp³-hybridized carbons (Fsp3) is 0.258. The Morgan fingerprint density at radius 3 is 2.92 bits per heavy atom. The normalized spacial score (nSPS) is 20.2. The van der Waals surface area contributed by atoms with Crippen LogP contribution in [0.5, 0.6) is 0 Å². The van der Waals surface area contributed by atoms with E-state index in [0.717, 1.165) is 36.2 Å². The molecular weight excluding hydrogens is 444 g/mol. The SMILES string of the molecule is C=CC(c1ccnc(C)c1)C(O)/C=C/C1=CN(CCC2C3=C(C=CCC=C3)c3ccccc32)N=NC1. The zero-order valence-corrected chi connectivity index (χ0v) is 20.7. The van der Waals surface area contributed by atoms with Gasteiger partial charge in [0.25, 0.3) is 0 Å². The monoisotopic (exact) mass is 476 g/mol. The van der Waals surface area contributed by atoms with Gasteiger partial charge in [0.05, 0.1) is 12.6 Å². The Morgan fingerprint density at radius 1 is 1.19 bits per heavy atom. The molecule has 1 aromatic carbocycles. The molecule has 5 heteroatoms. The van der Waals surface area contributed by atoms with E-state index in [-0.39, 0.29) is 5.92 Å². The summed E-state index contributed by atoms with van der Waals surface area (Å²) in [5, 5.41) is 21.4. The lowest BCUT2D eigenvalue weighted by molar-refractivity contribution is 0.207. The Bertz CT molecular complexity index is 1310. The molecule has 2 heterocycles. The molecule has 0 saturated carbocycles. The summed E-state index contributed by atoms with van der Waals surface area (Å²) in [6.45, 7) is 7.14. The minimum atomic E-state index is -0.687. The van der Waals surface area contributed by atoms with E-state index in [2.05, 4.69) is 70.5 Å². The minimum Gasteiger partial charge on any atom is -0.388 e. The molecule has 3 atom stereocenters. The van der Waals surface area contributed by atoms with Crippen molar-refractivity contribution in [1.82, 2.24) is 9.99 Å². The number of rotatable bonds is 8. The van der Waals surface area contributed by atoms with Crippen LogP contribution >= 0.6 is 0 Å². The van der Waals surface area contributed by atoms with Gasteiger partial charge in [-0.1, -0.05) is 72.0 Å². The first-order valence-electron chi connectivity index (χ1n) is 12.6. The molecule has 0 amide bonds. The fourth-order valence-corrected chi connectivity index (χ4v) is 5.23.